The normalized spacial score (nSPS) is 25.2. The predicted octanol–water partition coefficient (Wildman–Crippen LogP) is 3.35. The van der Waals surface area contributed by atoms with Crippen LogP contribution in [-0.4, -0.2) is 55.6 Å². The Labute approximate surface area is 165 Å². The first kappa shape index (κ1) is 20.6. The molecule has 3 N–H and O–H groups in total. The molecule has 0 aliphatic carbocycles. The third-order valence-corrected chi connectivity index (χ3v) is 6.62. The average molecular weight is 374 g/mol. The van der Waals surface area contributed by atoms with E-state index in [2.05, 4.69) is 78.2 Å². The fourth-order valence-corrected chi connectivity index (χ4v) is 4.35. The second-order valence-electron chi connectivity index (χ2n) is 8.71. The lowest BCUT2D eigenvalue weighted by Crippen LogP contribution is -2.53. The summed E-state index contributed by atoms with van der Waals surface area (Å²) in [6, 6.07) is 9.88. The van der Waals surface area contributed by atoms with E-state index in [1.165, 1.54) is 50.0 Å². The van der Waals surface area contributed by atoms with E-state index in [1.54, 1.807) is 0 Å². The third kappa shape index (κ3) is 5.02. The fraction of sp³-hybridized carbons (Fsp3) is 0.727. The van der Waals surface area contributed by atoms with Crippen LogP contribution in [0.25, 0.3) is 0 Å². The van der Waals surface area contributed by atoms with Crippen molar-refractivity contribution in [3.05, 3.63) is 29.8 Å². The average Bonchev–Trinajstić information content (AvgIpc) is 3.06. The molecule has 1 fully saturated rings. The Hall–Kier alpha value is -1.14. The smallest absolute Gasteiger partial charge is 0.114 e. The first-order valence-electron chi connectivity index (χ1n) is 10.8. The van der Waals surface area contributed by atoms with E-state index in [0.717, 1.165) is 19.4 Å². The van der Waals surface area contributed by atoms with E-state index in [4.69, 9.17) is 0 Å². The van der Waals surface area contributed by atoms with Crippen molar-refractivity contribution >= 4 is 5.69 Å². The lowest BCUT2D eigenvalue weighted by molar-refractivity contribution is 0.157. The Morgan fingerprint density at radius 2 is 1.85 bits per heavy atom. The summed E-state index contributed by atoms with van der Waals surface area (Å²) in [4.78, 5) is 4.97. The van der Waals surface area contributed by atoms with Gasteiger partial charge in [0.1, 0.15) is 5.66 Å². The maximum atomic E-state index is 3.90. The Balaban J connectivity index is 1.62. The quantitative estimate of drug-likeness (QED) is 0.619. The van der Waals surface area contributed by atoms with E-state index in [-0.39, 0.29) is 5.66 Å². The molecule has 1 aromatic carbocycles. The molecule has 1 aromatic rings. The highest BCUT2D eigenvalue weighted by atomic mass is 15.5. The van der Waals surface area contributed by atoms with Gasteiger partial charge >= 0.3 is 0 Å². The molecule has 0 aromatic heterocycles. The van der Waals surface area contributed by atoms with E-state index in [0.29, 0.717) is 12.1 Å². The highest BCUT2D eigenvalue weighted by molar-refractivity contribution is 5.57. The van der Waals surface area contributed by atoms with Gasteiger partial charge in [0.2, 0.25) is 0 Å². The van der Waals surface area contributed by atoms with Crippen LogP contribution in [0.2, 0.25) is 0 Å². The number of fused-ring (bicyclic) bond motifs is 1. The summed E-state index contributed by atoms with van der Waals surface area (Å²) >= 11 is 0. The number of hydrogen-bond donors (Lipinski definition) is 3. The summed E-state index contributed by atoms with van der Waals surface area (Å²) in [7, 11) is 4.33. The van der Waals surface area contributed by atoms with Crippen LogP contribution in [-0.2, 0) is 5.66 Å². The van der Waals surface area contributed by atoms with Crippen LogP contribution in [0.15, 0.2) is 24.3 Å². The largest absolute Gasteiger partial charge is 0.319 e. The zero-order valence-electron chi connectivity index (χ0n) is 17.7. The van der Waals surface area contributed by atoms with Crippen molar-refractivity contribution < 1.29 is 0 Å². The molecule has 3 rings (SSSR count). The van der Waals surface area contributed by atoms with Crippen LogP contribution in [0, 0.1) is 0 Å². The molecule has 2 heterocycles. The lowest BCUT2D eigenvalue weighted by atomic mass is 9.92. The van der Waals surface area contributed by atoms with E-state index >= 15 is 0 Å². The van der Waals surface area contributed by atoms with Gasteiger partial charge < -0.3 is 15.2 Å². The minimum atomic E-state index is -0.178. The summed E-state index contributed by atoms with van der Waals surface area (Å²) in [5.74, 6) is 0. The molecule has 2 aliphatic heterocycles. The monoisotopic (exact) mass is 373 g/mol. The molecule has 27 heavy (non-hydrogen) atoms. The van der Waals surface area contributed by atoms with Crippen LogP contribution in [0.1, 0.15) is 57.9 Å². The number of likely N-dealkylation sites (tertiary alicyclic amines) is 1. The van der Waals surface area contributed by atoms with E-state index in [9.17, 15) is 0 Å². The first-order chi connectivity index (χ1) is 13.0. The van der Waals surface area contributed by atoms with Crippen molar-refractivity contribution in [3.63, 3.8) is 0 Å². The van der Waals surface area contributed by atoms with E-state index < -0.39 is 0 Å². The Bertz CT molecular complexity index is 584. The third-order valence-electron chi connectivity index (χ3n) is 6.62. The maximum Gasteiger partial charge on any atom is 0.114 e. The second-order valence-corrected chi connectivity index (χ2v) is 8.71. The molecule has 0 saturated carbocycles. The van der Waals surface area contributed by atoms with Crippen LogP contribution < -0.4 is 16.2 Å². The van der Waals surface area contributed by atoms with Crippen molar-refractivity contribution in [2.75, 3.05) is 39.2 Å². The maximum absolute atomic E-state index is 3.90. The summed E-state index contributed by atoms with van der Waals surface area (Å²) < 4.78 is 0. The Kier molecular flexibility index (Phi) is 7.15. The number of rotatable bonds is 9. The molecule has 1 saturated heterocycles. The Morgan fingerprint density at radius 1 is 1.11 bits per heavy atom. The van der Waals surface area contributed by atoms with Gasteiger partial charge in [0, 0.05) is 17.6 Å². The molecule has 152 valence electrons. The van der Waals surface area contributed by atoms with Crippen LogP contribution in [0.3, 0.4) is 0 Å². The molecule has 5 nitrogen and oxygen atoms in total. The lowest BCUT2D eigenvalue weighted by Gasteiger charge is -2.36. The molecule has 5 heteroatoms. The molecule has 0 bridgehead atoms. The van der Waals surface area contributed by atoms with Gasteiger partial charge in [-0.25, -0.2) is 5.43 Å². The SMILES string of the molecule is CC(CCC1(NCCC(C)N2CCCCC2)NNc2ccccc21)N(C)C. The van der Waals surface area contributed by atoms with Gasteiger partial charge in [-0.15, -0.1) is 0 Å². The number of hydrogen-bond acceptors (Lipinski definition) is 5. The molecule has 3 atom stereocenters. The highest BCUT2D eigenvalue weighted by Crippen LogP contribution is 2.35. The topological polar surface area (TPSA) is 42.6 Å². The van der Waals surface area contributed by atoms with Gasteiger partial charge in [0.05, 0.1) is 5.69 Å². The predicted molar refractivity (Wildman–Crippen MR) is 115 cm³/mol. The number of nitrogens with zero attached hydrogens (tertiary/aromatic N) is 2. The molecular formula is C22H39N5. The van der Waals surface area contributed by atoms with Crippen LogP contribution >= 0.6 is 0 Å². The Morgan fingerprint density at radius 3 is 2.59 bits per heavy atom. The molecule has 2 aliphatic rings. The van der Waals surface area contributed by atoms with Gasteiger partial charge in [-0.1, -0.05) is 24.6 Å². The molecule has 0 radical (unpaired) electrons. The summed E-state index contributed by atoms with van der Waals surface area (Å²) in [5, 5.41) is 3.90. The molecule has 0 spiro atoms. The molecular weight excluding hydrogens is 334 g/mol. The van der Waals surface area contributed by atoms with Crippen LogP contribution in [0.5, 0.6) is 0 Å². The standard InChI is InChI=1S/C22H39N5/c1-18(26(3)4)12-14-22(20-10-6-7-11-21(20)24-25-22)23-15-13-19(2)27-16-8-5-9-17-27/h6-7,10-11,18-19,23-25H,5,8-9,12-17H2,1-4H3. The first-order valence-corrected chi connectivity index (χ1v) is 10.8. The minimum Gasteiger partial charge on any atom is -0.319 e. The number of hydrazine groups is 1. The van der Waals surface area contributed by atoms with Gasteiger partial charge in [-0.3, -0.25) is 5.32 Å². The summed E-state index contributed by atoms with van der Waals surface area (Å²) in [5.41, 5.74) is 9.37. The number of para-hydroxylation sites is 1. The van der Waals surface area contributed by atoms with Gasteiger partial charge in [0.15, 0.2) is 0 Å². The van der Waals surface area contributed by atoms with E-state index in [1.807, 2.05) is 0 Å². The summed E-state index contributed by atoms with van der Waals surface area (Å²) in [6.45, 7) is 8.27. The van der Waals surface area contributed by atoms with Crippen molar-refractivity contribution in [3.8, 4) is 0 Å². The number of anilines is 1. The van der Waals surface area contributed by atoms with Gasteiger partial charge in [-0.05, 0) is 85.7 Å². The minimum absolute atomic E-state index is 0.178. The van der Waals surface area contributed by atoms with Crippen LogP contribution in [0.4, 0.5) is 5.69 Å². The zero-order chi connectivity index (χ0) is 19.3. The van der Waals surface area contributed by atoms with Gasteiger partial charge in [0.25, 0.3) is 0 Å². The summed E-state index contributed by atoms with van der Waals surface area (Å²) in [6.07, 6.45) is 7.53. The van der Waals surface area contributed by atoms with Crippen molar-refractivity contribution in [2.24, 2.45) is 0 Å². The van der Waals surface area contributed by atoms with Crippen molar-refractivity contribution in [2.45, 2.75) is 70.1 Å². The second kappa shape index (κ2) is 9.37. The molecule has 3 unspecified atom stereocenters. The van der Waals surface area contributed by atoms with Gasteiger partial charge in [-0.2, -0.15) is 0 Å². The number of benzene rings is 1. The van der Waals surface area contributed by atoms with Crippen molar-refractivity contribution in [1.29, 1.82) is 0 Å². The highest BCUT2D eigenvalue weighted by Gasteiger charge is 2.38. The zero-order valence-corrected chi connectivity index (χ0v) is 17.7. The number of nitrogens with one attached hydrogen (secondary N) is 3. The van der Waals surface area contributed by atoms with Crippen molar-refractivity contribution in [1.82, 2.24) is 20.5 Å². The molecule has 0 amide bonds. The number of piperidine rings is 1. The fourth-order valence-electron chi connectivity index (χ4n) is 4.35.